The van der Waals surface area contributed by atoms with E-state index in [1.807, 2.05) is 24.3 Å². The molecule has 0 heterocycles. The highest BCUT2D eigenvalue weighted by Gasteiger charge is 2.03. The molecule has 1 amide bonds. The van der Waals surface area contributed by atoms with Crippen molar-refractivity contribution < 1.29 is 4.79 Å². The molecule has 0 saturated heterocycles. The Labute approximate surface area is 123 Å². The van der Waals surface area contributed by atoms with Crippen LogP contribution >= 0.6 is 11.6 Å². The van der Waals surface area contributed by atoms with Crippen LogP contribution in [0.15, 0.2) is 53.6 Å². The van der Waals surface area contributed by atoms with Gasteiger partial charge in [-0.3, -0.25) is 4.79 Å². The number of nitrogens with one attached hydrogen (secondary N) is 1. The minimum absolute atomic E-state index is 0.283. The van der Waals surface area contributed by atoms with Gasteiger partial charge in [0.15, 0.2) is 0 Å². The zero-order valence-electron chi connectivity index (χ0n) is 11.1. The maximum Gasteiger partial charge on any atom is 0.271 e. The zero-order chi connectivity index (χ0) is 14.4. The first-order valence-electron chi connectivity index (χ1n) is 6.37. The first-order chi connectivity index (χ1) is 9.69. The largest absolute Gasteiger partial charge is 0.271 e. The van der Waals surface area contributed by atoms with Crippen molar-refractivity contribution in [1.29, 1.82) is 0 Å². The fourth-order valence-electron chi connectivity index (χ4n) is 1.70. The van der Waals surface area contributed by atoms with Crippen molar-refractivity contribution in [3.05, 3.63) is 70.2 Å². The standard InChI is InChI=1S/C16H15ClN2O/c1-2-12-6-8-13(9-7-12)11-18-19-16(20)14-4-3-5-15(17)10-14/h3-11H,2H2,1H3,(H,19,20)/b18-11+. The summed E-state index contributed by atoms with van der Waals surface area (Å²) in [6, 6.07) is 14.7. The lowest BCUT2D eigenvalue weighted by atomic mass is 10.1. The topological polar surface area (TPSA) is 41.5 Å². The second-order valence-electron chi connectivity index (χ2n) is 4.30. The maximum absolute atomic E-state index is 11.8. The normalized spacial score (nSPS) is 10.7. The molecule has 20 heavy (non-hydrogen) atoms. The van der Waals surface area contributed by atoms with Crippen LogP contribution in [0.3, 0.4) is 0 Å². The maximum atomic E-state index is 11.8. The van der Waals surface area contributed by atoms with Crippen LogP contribution < -0.4 is 5.43 Å². The molecule has 2 aromatic rings. The average molecular weight is 287 g/mol. The number of rotatable bonds is 4. The number of aryl methyl sites for hydroxylation is 1. The van der Waals surface area contributed by atoms with Crippen molar-refractivity contribution >= 4 is 23.7 Å². The van der Waals surface area contributed by atoms with Gasteiger partial charge in [0, 0.05) is 10.6 Å². The zero-order valence-corrected chi connectivity index (χ0v) is 11.9. The Bertz CT molecular complexity index is 621. The Hall–Kier alpha value is -2.13. The number of carbonyl (C=O) groups is 1. The van der Waals surface area contributed by atoms with Gasteiger partial charge >= 0.3 is 0 Å². The summed E-state index contributed by atoms with van der Waals surface area (Å²) in [6.45, 7) is 2.11. The van der Waals surface area contributed by atoms with Gasteiger partial charge in [-0.25, -0.2) is 5.43 Å². The number of hydrogen-bond acceptors (Lipinski definition) is 2. The summed E-state index contributed by atoms with van der Waals surface area (Å²) in [6.07, 6.45) is 2.62. The number of carbonyl (C=O) groups excluding carboxylic acids is 1. The predicted molar refractivity (Wildman–Crippen MR) is 82.3 cm³/mol. The molecule has 0 unspecified atom stereocenters. The number of hydrazone groups is 1. The fraction of sp³-hybridized carbons (Fsp3) is 0.125. The molecular weight excluding hydrogens is 272 g/mol. The number of halogens is 1. The summed E-state index contributed by atoms with van der Waals surface area (Å²) in [5.41, 5.74) is 5.16. The van der Waals surface area contributed by atoms with Crippen molar-refractivity contribution in [2.75, 3.05) is 0 Å². The number of hydrogen-bond donors (Lipinski definition) is 1. The highest BCUT2D eigenvalue weighted by atomic mass is 35.5. The van der Waals surface area contributed by atoms with Gasteiger partial charge in [0.25, 0.3) is 5.91 Å². The van der Waals surface area contributed by atoms with E-state index >= 15 is 0 Å². The molecule has 1 N–H and O–H groups in total. The molecule has 2 aromatic carbocycles. The summed E-state index contributed by atoms with van der Waals surface area (Å²) in [5.74, 6) is -0.283. The third kappa shape index (κ3) is 3.93. The van der Waals surface area contributed by atoms with E-state index in [0.717, 1.165) is 12.0 Å². The van der Waals surface area contributed by atoms with E-state index in [2.05, 4.69) is 17.5 Å². The van der Waals surface area contributed by atoms with Crippen molar-refractivity contribution in [3.8, 4) is 0 Å². The molecule has 0 aromatic heterocycles. The van der Waals surface area contributed by atoms with Crippen LogP contribution in [0.1, 0.15) is 28.4 Å². The van der Waals surface area contributed by atoms with Gasteiger partial charge in [0.05, 0.1) is 6.21 Å². The van der Waals surface area contributed by atoms with Gasteiger partial charge in [0.1, 0.15) is 0 Å². The molecule has 0 radical (unpaired) electrons. The molecule has 0 spiro atoms. The summed E-state index contributed by atoms with van der Waals surface area (Å²) in [7, 11) is 0. The van der Waals surface area contributed by atoms with Gasteiger partial charge in [-0.05, 0) is 35.7 Å². The highest BCUT2D eigenvalue weighted by molar-refractivity contribution is 6.30. The van der Waals surface area contributed by atoms with Gasteiger partial charge < -0.3 is 0 Å². The van der Waals surface area contributed by atoms with Crippen LogP contribution in [0.5, 0.6) is 0 Å². The number of amides is 1. The number of benzene rings is 2. The van der Waals surface area contributed by atoms with Crippen LogP contribution in [0.4, 0.5) is 0 Å². The molecule has 0 bridgehead atoms. The SMILES string of the molecule is CCc1ccc(/C=N/NC(=O)c2cccc(Cl)c2)cc1. The summed E-state index contributed by atoms with van der Waals surface area (Å²) in [5, 5.41) is 4.46. The first-order valence-corrected chi connectivity index (χ1v) is 6.74. The second-order valence-corrected chi connectivity index (χ2v) is 4.74. The average Bonchev–Trinajstić information content (AvgIpc) is 2.48. The monoisotopic (exact) mass is 286 g/mol. The van der Waals surface area contributed by atoms with E-state index in [0.29, 0.717) is 10.6 Å². The minimum Gasteiger partial charge on any atom is -0.267 e. The third-order valence-electron chi connectivity index (χ3n) is 2.85. The smallest absolute Gasteiger partial charge is 0.267 e. The molecule has 3 nitrogen and oxygen atoms in total. The number of nitrogens with zero attached hydrogens (tertiary/aromatic N) is 1. The van der Waals surface area contributed by atoms with Crippen LogP contribution in [0.25, 0.3) is 0 Å². The lowest BCUT2D eigenvalue weighted by Crippen LogP contribution is -2.17. The molecule has 2 rings (SSSR count). The quantitative estimate of drug-likeness (QED) is 0.676. The summed E-state index contributed by atoms with van der Waals surface area (Å²) < 4.78 is 0. The molecular formula is C16H15ClN2O. The van der Waals surface area contributed by atoms with E-state index in [1.165, 1.54) is 5.56 Å². The summed E-state index contributed by atoms with van der Waals surface area (Å²) >= 11 is 5.83. The van der Waals surface area contributed by atoms with Crippen molar-refractivity contribution in [2.45, 2.75) is 13.3 Å². The molecule has 4 heteroatoms. The molecule has 0 saturated carbocycles. The van der Waals surface area contributed by atoms with Crippen molar-refractivity contribution in [3.63, 3.8) is 0 Å². The highest BCUT2D eigenvalue weighted by Crippen LogP contribution is 2.10. The Balaban J connectivity index is 1.97. The molecule has 0 fully saturated rings. The van der Waals surface area contributed by atoms with Crippen LogP contribution in [0, 0.1) is 0 Å². The Morgan fingerprint density at radius 3 is 2.65 bits per heavy atom. The summed E-state index contributed by atoms with van der Waals surface area (Å²) in [4.78, 5) is 11.8. The molecule has 0 aliphatic heterocycles. The molecule has 0 aliphatic rings. The Kier molecular flexibility index (Phi) is 4.91. The van der Waals surface area contributed by atoms with Gasteiger partial charge in [-0.1, -0.05) is 48.9 Å². The third-order valence-corrected chi connectivity index (χ3v) is 3.09. The van der Waals surface area contributed by atoms with Gasteiger partial charge in [0.2, 0.25) is 0 Å². The van der Waals surface area contributed by atoms with E-state index in [1.54, 1.807) is 30.5 Å². The van der Waals surface area contributed by atoms with E-state index in [9.17, 15) is 4.79 Å². The van der Waals surface area contributed by atoms with Crippen LogP contribution in [0.2, 0.25) is 5.02 Å². The lowest BCUT2D eigenvalue weighted by molar-refractivity contribution is 0.0955. The fourth-order valence-corrected chi connectivity index (χ4v) is 1.89. The Morgan fingerprint density at radius 1 is 1.25 bits per heavy atom. The second kappa shape index (κ2) is 6.87. The van der Waals surface area contributed by atoms with Crippen molar-refractivity contribution in [1.82, 2.24) is 5.43 Å². The van der Waals surface area contributed by atoms with E-state index in [-0.39, 0.29) is 5.91 Å². The van der Waals surface area contributed by atoms with E-state index in [4.69, 9.17) is 11.6 Å². The lowest BCUT2D eigenvalue weighted by Gasteiger charge is -2.00. The van der Waals surface area contributed by atoms with E-state index < -0.39 is 0 Å². The Morgan fingerprint density at radius 2 is 2.00 bits per heavy atom. The van der Waals surface area contributed by atoms with Crippen LogP contribution in [-0.4, -0.2) is 12.1 Å². The molecule has 0 aliphatic carbocycles. The minimum atomic E-state index is -0.283. The molecule has 0 atom stereocenters. The predicted octanol–water partition coefficient (Wildman–Crippen LogP) is 3.67. The first kappa shape index (κ1) is 14.3. The van der Waals surface area contributed by atoms with Gasteiger partial charge in [-0.15, -0.1) is 0 Å². The van der Waals surface area contributed by atoms with Crippen molar-refractivity contribution in [2.24, 2.45) is 5.10 Å². The van der Waals surface area contributed by atoms with Gasteiger partial charge in [-0.2, -0.15) is 5.10 Å². The van der Waals surface area contributed by atoms with Crippen LogP contribution in [-0.2, 0) is 6.42 Å². The molecule has 102 valence electrons.